The molecule has 0 aliphatic rings. The highest BCUT2D eigenvalue weighted by molar-refractivity contribution is 7.97. The number of rotatable bonds is 4. The van der Waals surface area contributed by atoms with Crippen molar-refractivity contribution in [1.82, 2.24) is 0 Å². The standard InChI is InChI=1S/C9H12N2O2S/c1-13-9-4-7(6-14-2)3-8(5-9)11(10)12/h3-5,10H,6H2,1-2H3. The van der Waals surface area contributed by atoms with E-state index >= 15 is 0 Å². The number of nitrogens with one attached hydrogen (secondary N) is 1. The van der Waals surface area contributed by atoms with E-state index in [4.69, 9.17) is 10.3 Å². The molecule has 0 aliphatic carbocycles. The predicted molar refractivity (Wildman–Crippen MR) is 56.2 cm³/mol. The lowest BCUT2D eigenvalue weighted by Crippen LogP contribution is -1.92. The predicted octanol–water partition coefficient (Wildman–Crippen LogP) is 2.73. The summed E-state index contributed by atoms with van der Waals surface area (Å²) in [5.41, 5.74) is 8.22. The Hall–Kier alpha value is -1.23. The lowest BCUT2D eigenvalue weighted by Gasteiger charge is -2.05. The summed E-state index contributed by atoms with van der Waals surface area (Å²) in [7, 11) is 1.54. The minimum absolute atomic E-state index is 0.0896. The first-order valence-electron chi connectivity index (χ1n) is 4.02. The number of nitrogens with zero attached hydrogens (tertiary/aromatic N) is 1. The molecule has 0 aromatic heterocycles. The van der Waals surface area contributed by atoms with Gasteiger partial charge in [-0.05, 0) is 23.4 Å². The lowest BCUT2D eigenvalue weighted by molar-refractivity contribution is -0.465. The highest BCUT2D eigenvalue weighted by Crippen LogP contribution is 2.24. The highest BCUT2D eigenvalue weighted by Gasteiger charge is 2.07. The van der Waals surface area contributed by atoms with Gasteiger partial charge < -0.3 is 9.94 Å². The van der Waals surface area contributed by atoms with Crippen LogP contribution >= 0.6 is 11.8 Å². The third-order valence-electron chi connectivity index (χ3n) is 1.73. The van der Waals surface area contributed by atoms with Gasteiger partial charge in [0.2, 0.25) is 5.69 Å². The maximum Gasteiger partial charge on any atom is 0.248 e. The van der Waals surface area contributed by atoms with Crippen LogP contribution in [0, 0.1) is 10.7 Å². The fraction of sp³-hybridized carbons (Fsp3) is 0.333. The van der Waals surface area contributed by atoms with Crippen molar-refractivity contribution in [2.75, 3.05) is 13.4 Å². The molecule has 0 saturated carbocycles. The Balaban J connectivity index is 3.06. The van der Waals surface area contributed by atoms with Gasteiger partial charge in [0.1, 0.15) is 5.75 Å². The van der Waals surface area contributed by atoms with E-state index in [-0.39, 0.29) is 4.86 Å². The van der Waals surface area contributed by atoms with Crippen LogP contribution in [-0.4, -0.2) is 18.2 Å². The van der Waals surface area contributed by atoms with Crippen molar-refractivity contribution in [2.24, 2.45) is 0 Å². The van der Waals surface area contributed by atoms with Crippen molar-refractivity contribution in [3.8, 4) is 5.75 Å². The molecule has 5 heteroatoms. The van der Waals surface area contributed by atoms with Gasteiger partial charge in [0.05, 0.1) is 13.2 Å². The third kappa shape index (κ3) is 2.63. The molecule has 0 unspecified atom stereocenters. The smallest absolute Gasteiger partial charge is 0.248 e. The van der Waals surface area contributed by atoms with Crippen molar-refractivity contribution in [3.05, 3.63) is 29.0 Å². The largest absolute Gasteiger partial charge is 0.594 e. The van der Waals surface area contributed by atoms with Crippen molar-refractivity contribution in [3.63, 3.8) is 0 Å². The summed E-state index contributed by atoms with van der Waals surface area (Å²) < 4.78 is 5.03. The number of hydrogen-bond acceptors (Lipinski definition) is 4. The van der Waals surface area contributed by atoms with Gasteiger partial charge in [-0.25, -0.2) is 0 Å². The van der Waals surface area contributed by atoms with E-state index in [9.17, 15) is 5.21 Å². The minimum Gasteiger partial charge on any atom is -0.594 e. The van der Waals surface area contributed by atoms with Crippen molar-refractivity contribution in [2.45, 2.75) is 5.75 Å². The molecule has 0 fully saturated rings. The molecule has 0 aliphatic heterocycles. The molecule has 0 spiro atoms. The molecule has 0 saturated heterocycles. The van der Waals surface area contributed by atoms with E-state index in [2.05, 4.69) is 0 Å². The Morgan fingerprint density at radius 3 is 2.71 bits per heavy atom. The van der Waals surface area contributed by atoms with Gasteiger partial charge in [0.25, 0.3) is 0 Å². The zero-order valence-electron chi connectivity index (χ0n) is 8.11. The lowest BCUT2D eigenvalue weighted by atomic mass is 10.2. The van der Waals surface area contributed by atoms with Crippen LogP contribution in [0.2, 0.25) is 0 Å². The Bertz CT molecular complexity index is 342. The zero-order valence-corrected chi connectivity index (χ0v) is 8.93. The first-order chi connectivity index (χ1) is 6.67. The molecule has 14 heavy (non-hydrogen) atoms. The van der Waals surface area contributed by atoms with Crippen molar-refractivity contribution >= 4 is 17.4 Å². The topological polar surface area (TPSA) is 59.2 Å². The summed E-state index contributed by atoms with van der Waals surface area (Å²) in [6, 6.07) is 5.10. The number of ether oxygens (including phenoxy) is 1. The second kappa shape index (κ2) is 4.85. The molecule has 4 nitrogen and oxygen atoms in total. The Morgan fingerprint density at radius 1 is 1.50 bits per heavy atom. The molecule has 1 aromatic carbocycles. The fourth-order valence-corrected chi connectivity index (χ4v) is 1.63. The molecule has 76 valence electrons. The van der Waals surface area contributed by atoms with Crippen LogP contribution in [0.25, 0.3) is 0 Å². The van der Waals surface area contributed by atoms with E-state index in [0.717, 1.165) is 11.3 Å². The SMILES string of the molecule is COc1cc(CSC)cc([N+](=N)[O-])c1. The van der Waals surface area contributed by atoms with E-state index in [0.29, 0.717) is 11.4 Å². The maximum atomic E-state index is 10.8. The average molecular weight is 212 g/mol. The fourth-order valence-electron chi connectivity index (χ4n) is 1.13. The first-order valence-corrected chi connectivity index (χ1v) is 5.42. The molecule has 0 bridgehead atoms. The van der Waals surface area contributed by atoms with Crippen molar-refractivity contribution in [1.29, 1.82) is 5.53 Å². The Labute approximate surface area is 87.0 Å². The molecule has 1 N–H and O–H groups in total. The van der Waals surface area contributed by atoms with Gasteiger partial charge in [-0.1, -0.05) is 4.86 Å². The number of methoxy groups -OCH3 is 1. The molecule has 1 aromatic rings. The van der Waals surface area contributed by atoms with Crippen LogP contribution < -0.4 is 4.74 Å². The summed E-state index contributed by atoms with van der Waals surface area (Å²) in [6.07, 6.45) is 1.98. The second-order valence-corrected chi connectivity index (χ2v) is 3.63. The van der Waals surface area contributed by atoms with Crippen LogP contribution in [0.5, 0.6) is 5.75 Å². The van der Waals surface area contributed by atoms with Crippen LogP contribution in [0.15, 0.2) is 18.2 Å². The minimum atomic E-state index is 0.0896. The molecule has 0 atom stereocenters. The van der Waals surface area contributed by atoms with Gasteiger partial charge in [-0.15, -0.1) is 0 Å². The zero-order chi connectivity index (χ0) is 10.6. The number of benzene rings is 1. The van der Waals surface area contributed by atoms with Gasteiger partial charge in [0, 0.05) is 11.8 Å². The maximum absolute atomic E-state index is 10.8. The van der Waals surface area contributed by atoms with Gasteiger partial charge >= 0.3 is 0 Å². The molecule has 0 amide bonds. The monoisotopic (exact) mass is 212 g/mol. The van der Waals surface area contributed by atoms with Crippen LogP contribution in [-0.2, 0) is 5.75 Å². The van der Waals surface area contributed by atoms with Gasteiger partial charge in [-0.2, -0.15) is 11.8 Å². The summed E-state index contributed by atoms with van der Waals surface area (Å²) in [5, 5.41) is 10.8. The van der Waals surface area contributed by atoms with Crippen LogP contribution in [0.4, 0.5) is 5.69 Å². The quantitative estimate of drug-likeness (QED) is 0.474. The van der Waals surface area contributed by atoms with E-state index in [1.807, 2.05) is 12.3 Å². The first kappa shape index (κ1) is 10.8. The van der Waals surface area contributed by atoms with Crippen molar-refractivity contribution < 1.29 is 9.60 Å². The third-order valence-corrected chi connectivity index (χ3v) is 2.35. The molecule has 0 heterocycles. The normalized spacial score (nSPS) is 9.86. The Morgan fingerprint density at radius 2 is 2.21 bits per heavy atom. The van der Waals surface area contributed by atoms with Gasteiger partial charge in [-0.3, -0.25) is 0 Å². The summed E-state index contributed by atoms with van der Waals surface area (Å²) in [5.74, 6) is 1.41. The molecule has 1 rings (SSSR count). The second-order valence-electron chi connectivity index (χ2n) is 2.77. The highest BCUT2D eigenvalue weighted by atomic mass is 32.2. The van der Waals surface area contributed by atoms with E-state index in [1.165, 1.54) is 0 Å². The molecular weight excluding hydrogens is 200 g/mol. The summed E-state index contributed by atoms with van der Waals surface area (Å²) in [6.45, 7) is 0. The molecule has 0 radical (unpaired) electrons. The summed E-state index contributed by atoms with van der Waals surface area (Å²) >= 11 is 1.66. The number of thioether (sulfide) groups is 1. The Kier molecular flexibility index (Phi) is 3.76. The van der Waals surface area contributed by atoms with E-state index < -0.39 is 0 Å². The van der Waals surface area contributed by atoms with E-state index in [1.54, 1.807) is 31.0 Å². The van der Waals surface area contributed by atoms with Crippen LogP contribution in [0.1, 0.15) is 5.56 Å². The number of hydrogen-bond donors (Lipinski definition) is 1. The van der Waals surface area contributed by atoms with Crippen LogP contribution in [0.3, 0.4) is 0 Å². The molecular formula is C9H12N2O2S. The average Bonchev–Trinajstić information content (AvgIpc) is 2.17. The summed E-state index contributed by atoms with van der Waals surface area (Å²) in [4.78, 5) is 0.0896. The van der Waals surface area contributed by atoms with Gasteiger partial charge in [0.15, 0.2) is 0 Å².